The summed E-state index contributed by atoms with van der Waals surface area (Å²) in [6.45, 7) is 1.75. The lowest BCUT2D eigenvalue weighted by atomic mass is 10.3. The lowest BCUT2D eigenvalue weighted by Crippen LogP contribution is -1.91. The van der Waals surface area contributed by atoms with E-state index in [2.05, 4.69) is 22.7 Å². The molecule has 0 aromatic carbocycles. The Bertz CT molecular complexity index is 404. The summed E-state index contributed by atoms with van der Waals surface area (Å²) in [5.41, 5.74) is 1.17. The van der Waals surface area contributed by atoms with Crippen LogP contribution in [0.4, 0.5) is 0 Å². The average Bonchev–Trinajstić information content (AvgIpc) is 2.17. The third-order valence-electron chi connectivity index (χ3n) is 1.44. The molecule has 0 aliphatic rings. The Morgan fingerprint density at radius 1 is 1.38 bits per heavy atom. The molecule has 0 radical (unpaired) electrons. The standard InChI is InChI=1S/C11H9NO/c1-4-6-10-8-11(13-3)7-9(5-2)12-10/h2,7-8H,1,3H3. The second kappa shape index (κ2) is 4.18. The SMILES string of the molecule is C#Cc1cc(OC)cc(C#CC)n1. The van der Waals surface area contributed by atoms with Gasteiger partial charge in [0, 0.05) is 12.1 Å². The van der Waals surface area contributed by atoms with Gasteiger partial charge in [-0.25, -0.2) is 4.98 Å². The summed E-state index contributed by atoms with van der Waals surface area (Å²) in [5.74, 6) is 8.69. The van der Waals surface area contributed by atoms with E-state index in [9.17, 15) is 0 Å². The third kappa shape index (κ3) is 2.25. The van der Waals surface area contributed by atoms with Crippen LogP contribution in [0.1, 0.15) is 18.3 Å². The minimum absolute atomic E-state index is 0.539. The van der Waals surface area contributed by atoms with Crippen LogP contribution in [0.5, 0.6) is 5.75 Å². The normalized spacial score (nSPS) is 8.08. The highest BCUT2D eigenvalue weighted by Crippen LogP contribution is 2.12. The molecule has 13 heavy (non-hydrogen) atoms. The number of nitrogens with zero attached hydrogens (tertiary/aromatic N) is 1. The van der Waals surface area contributed by atoms with Crippen molar-refractivity contribution in [1.29, 1.82) is 0 Å². The van der Waals surface area contributed by atoms with Crippen molar-refractivity contribution in [2.45, 2.75) is 6.92 Å². The molecule has 0 saturated heterocycles. The second-order valence-electron chi connectivity index (χ2n) is 2.30. The van der Waals surface area contributed by atoms with Gasteiger partial charge in [0.15, 0.2) is 0 Å². The summed E-state index contributed by atoms with van der Waals surface area (Å²) in [5, 5.41) is 0. The molecule has 64 valence electrons. The molecule has 0 atom stereocenters. The Labute approximate surface area is 78.0 Å². The molecule has 2 heteroatoms. The van der Waals surface area contributed by atoms with Gasteiger partial charge in [-0.1, -0.05) is 11.8 Å². The van der Waals surface area contributed by atoms with Crippen molar-refractivity contribution in [2.24, 2.45) is 0 Å². The van der Waals surface area contributed by atoms with Crippen LogP contribution in [-0.4, -0.2) is 12.1 Å². The summed E-state index contributed by atoms with van der Waals surface area (Å²) < 4.78 is 5.04. The van der Waals surface area contributed by atoms with Crippen LogP contribution in [0.15, 0.2) is 12.1 Å². The molecule has 0 unspecified atom stereocenters. The maximum Gasteiger partial charge on any atom is 0.124 e. The van der Waals surface area contributed by atoms with E-state index in [0.29, 0.717) is 17.1 Å². The molecule has 1 aromatic rings. The van der Waals surface area contributed by atoms with E-state index < -0.39 is 0 Å². The Morgan fingerprint density at radius 2 is 2.08 bits per heavy atom. The Balaban J connectivity index is 3.22. The Kier molecular flexibility index (Phi) is 2.95. The van der Waals surface area contributed by atoms with Crippen LogP contribution in [0.2, 0.25) is 0 Å². The third-order valence-corrected chi connectivity index (χ3v) is 1.44. The monoisotopic (exact) mass is 171 g/mol. The number of hydrogen-bond donors (Lipinski definition) is 0. The van der Waals surface area contributed by atoms with Gasteiger partial charge >= 0.3 is 0 Å². The first-order valence-corrected chi connectivity index (χ1v) is 3.75. The lowest BCUT2D eigenvalue weighted by molar-refractivity contribution is 0.414. The van der Waals surface area contributed by atoms with E-state index in [0.717, 1.165) is 0 Å². The Hall–Kier alpha value is -1.93. The molecule has 0 aliphatic heterocycles. The summed E-state index contributed by atoms with van der Waals surface area (Å²) in [4.78, 5) is 4.10. The van der Waals surface area contributed by atoms with Crippen molar-refractivity contribution < 1.29 is 4.74 Å². The van der Waals surface area contributed by atoms with Crippen molar-refractivity contribution in [1.82, 2.24) is 4.98 Å². The van der Waals surface area contributed by atoms with Crippen molar-refractivity contribution in [3.8, 4) is 29.9 Å². The van der Waals surface area contributed by atoms with Gasteiger partial charge in [-0.2, -0.15) is 0 Å². The maximum absolute atomic E-state index is 5.22. The van der Waals surface area contributed by atoms with E-state index >= 15 is 0 Å². The van der Waals surface area contributed by atoms with Crippen LogP contribution >= 0.6 is 0 Å². The molecule has 1 aromatic heterocycles. The molecule has 1 heterocycles. The number of pyridine rings is 1. The predicted octanol–water partition coefficient (Wildman–Crippen LogP) is 1.44. The van der Waals surface area contributed by atoms with Gasteiger partial charge in [0.25, 0.3) is 0 Å². The first-order valence-electron chi connectivity index (χ1n) is 3.75. The molecule has 0 fully saturated rings. The molecule has 0 aliphatic carbocycles. The zero-order valence-corrected chi connectivity index (χ0v) is 7.59. The molecule has 1 rings (SSSR count). The van der Waals surface area contributed by atoms with Gasteiger partial charge in [0.2, 0.25) is 0 Å². The number of aromatic nitrogens is 1. The predicted molar refractivity (Wildman–Crippen MR) is 51.3 cm³/mol. The highest BCUT2D eigenvalue weighted by Gasteiger charge is 1.98. The molecular formula is C11H9NO. The van der Waals surface area contributed by atoms with Gasteiger partial charge in [0.05, 0.1) is 7.11 Å². The van der Waals surface area contributed by atoms with Gasteiger partial charge in [0.1, 0.15) is 17.1 Å². The summed E-state index contributed by atoms with van der Waals surface area (Å²) in [6, 6.07) is 3.44. The first kappa shape index (κ1) is 9.16. The smallest absolute Gasteiger partial charge is 0.124 e. The van der Waals surface area contributed by atoms with Crippen molar-refractivity contribution in [3.05, 3.63) is 23.5 Å². The second-order valence-corrected chi connectivity index (χ2v) is 2.30. The summed E-state index contributed by atoms with van der Waals surface area (Å²) in [7, 11) is 1.58. The van der Waals surface area contributed by atoms with Crippen LogP contribution in [0, 0.1) is 24.2 Å². The van der Waals surface area contributed by atoms with Gasteiger partial charge in [-0.15, -0.1) is 6.42 Å². The number of terminal acetylenes is 1. The fourth-order valence-electron chi connectivity index (χ4n) is 0.889. The highest BCUT2D eigenvalue weighted by molar-refractivity contribution is 5.40. The van der Waals surface area contributed by atoms with E-state index in [1.165, 1.54) is 0 Å². The maximum atomic E-state index is 5.22. The van der Waals surface area contributed by atoms with E-state index in [-0.39, 0.29) is 0 Å². The quantitative estimate of drug-likeness (QED) is 0.596. The highest BCUT2D eigenvalue weighted by atomic mass is 16.5. The minimum Gasteiger partial charge on any atom is -0.497 e. The van der Waals surface area contributed by atoms with Crippen LogP contribution in [0.25, 0.3) is 0 Å². The van der Waals surface area contributed by atoms with Crippen LogP contribution < -0.4 is 4.74 Å². The van der Waals surface area contributed by atoms with Crippen LogP contribution in [0.3, 0.4) is 0 Å². The molecule has 0 spiro atoms. The zero-order chi connectivity index (χ0) is 9.68. The van der Waals surface area contributed by atoms with E-state index in [1.54, 1.807) is 26.2 Å². The number of rotatable bonds is 1. The van der Waals surface area contributed by atoms with Gasteiger partial charge < -0.3 is 4.74 Å². The summed E-state index contributed by atoms with van der Waals surface area (Å²) >= 11 is 0. The van der Waals surface area contributed by atoms with E-state index in [4.69, 9.17) is 11.2 Å². The number of ether oxygens (including phenoxy) is 1. The van der Waals surface area contributed by atoms with E-state index in [1.807, 2.05) is 0 Å². The van der Waals surface area contributed by atoms with Crippen molar-refractivity contribution >= 4 is 0 Å². The van der Waals surface area contributed by atoms with Gasteiger partial charge in [-0.05, 0) is 12.8 Å². The molecule has 0 N–H and O–H groups in total. The van der Waals surface area contributed by atoms with Crippen LogP contribution in [-0.2, 0) is 0 Å². The topological polar surface area (TPSA) is 22.1 Å². The fourth-order valence-corrected chi connectivity index (χ4v) is 0.889. The fraction of sp³-hybridized carbons (Fsp3) is 0.182. The number of methoxy groups -OCH3 is 1. The molecule has 0 amide bonds. The van der Waals surface area contributed by atoms with Crippen molar-refractivity contribution in [2.75, 3.05) is 7.11 Å². The molecular weight excluding hydrogens is 162 g/mol. The Morgan fingerprint density at radius 3 is 2.62 bits per heavy atom. The largest absolute Gasteiger partial charge is 0.497 e. The molecule has 2 nitrogen and oxygen atoms in total. The molecule has 0 bridgehead atoms. The zero-order valence-electron chi connectivity index (χ0n) is 7.59. The lowest BCUT2D eigenvalue weighted by Gasteiger charge is -2.00. The van der Waals surface area contributed by atoms with Gasteiger partial charge in [-0.3, -0.25) is 0 Å². The number of hydrogen-bond acceptors (Lipinski definition) is 2. The first-order chi connectivity index (χ1) is 6.30. The minimum atomic E-state index is 0.539. The summed E-state index contributed by atoms with van der Waals surface area (Å²) in [6.07, 6.45) is 5.22. The average molecular weight is 171 g/mol. The molecule has 0 saturated carbocycles. The van der Waals surface area contributed by atoms with Crippen molar-refractivity contribution in [3.63, 3.8) is 0 Å².